The molecule has 108 valence electrons. The van der Waals surface area contributed by atoms with Crippen LogP contribution in [-0.4, -0.2) is 10.8 Å². The van der Waals surface area contributed by atoms with Crippen LogP contribution in [0.25, 0.3) is 0 Å². The van der Waals surface area contributed by atoms with E-state index in [2.05, 4.69) is 21.2 Å². The molecule has 0 unspecified atom stereocenters. The summed E-state index contributed by atoms with van der Waals surface area (Å²) in [5, 5.41) is 14.1. The Kier molecular flexibility index (Phi) is 4.44. The third-order valence-corrected chi connectivity index (χ3v) is 3.56. The van der Waals surface area contributed by atoms with Crippen molar-refractivity contribution in [2.24, 2.45) is 0 Å². The zero-order valence-electron chi connectivity index (χ0n) is 10.5. The zero-order valence-corrected chi connectivity index (χ0v) is 12.8. The highest BCUT2D eigenvalue weighted by atomic mass is 79.9. The molecule has 0 aliphatic heterocycles. The number of halogens is 2. The van der Waals surface area contributed by atoms with E-state index in [0.717, 1.165) is 0 Å². The first kappa shape index (κ1) is 15.3. The molecule has 8 heteroatoms. The lowest BCUT2D eigenvalue weighted by Gasteiger charge is -2.09. The minimum atomic E-state index is -0.679. The van der Waals surface area contributed by atoms with Gasteiger partial charge in [0.15, 0.2) is 0 Å². The number of benzene rings is 2. The lowest BCUT2D eigenvalue weighted by atomic mass is 10.1. The van der Waals surface area contributed by atoms with Gasteiger partial charge in [-0.1, -0.05) is 17.7 Å². The second-order valence-electron chi connectivity index (χ2n) is 4.08. The van der Waals surface area contributed by atoms with Crippen molar-refractivity contribution in [3.05, 3.63) is 61.6 Å². The largest absolute Gasteiger partial charge is 0.393 e. The summed E-state index contributed by atoms with van der Waals surface area (Å²) < 4.78 is 0.565. The zero-order chi connectivity index (χ0) is 15.6. The molecule has 0 fully saturated rings. The molecule has 0 aliphatic carbocycles. The quantitative estimate of drug-likeness (QED) is 0.487. The maximum Gasteiger partial charge on any atom is 0.304 e. The SMILES string of the molecule is Nc1cccc(C(=O)Nc2ccc(Cl)cc2Br)c1[N+](=O)[O-]. The first-order valence-corrected chi connectivity index (χ1v) is 6.86. The van der Waals surface area contributed by atoms with Gasteiger partial charge < -0.3 is 11.1 Å². The second-order valence-corrected chi connectivity index (χ2v) is 5.37. The molecule has 1 amide bonds. The fraction of sp³-hybridized carbons (Fsp3) is 0. The molecule has 2 aromatic rings. The van der Waals surface area contributed by atoms with Gasteiger partial charge in [-0.2, -0.15) is 0 Å². The molecule has 2 aromatic carbocycles. The Hall–Kier alpha value is -2.12. The fourth-order valence-electron chi connectivity index (χ4n) is 1.73. The Bertz CT molecular complexity index is 737. The molecule has 0 atom stereocenters. The number of anilines is 2. The van der Waals surface area contributed by atoms with Crippen LogP contribution >= 0.6 is 27.5 Å². The number of hydrogen-bond donors (Lipinski definition) is 2. The van der Waals surface area contributed by atoms with Gasteiger partial charge in [0.05, 0.1) is 10.6 Å². The highest BCUT2D eigenvalue weighted by Gasteiger charge is 2.23. The second kappa shape index (κ2) is 6.11. The number of hydrogen-bond acceptors (Lipinski definition) is 4. The molecule has 0 bridgehead atoms. The van der Waals surface area contributed by atoms with Gasteiger partial charge in [-0.3, -0.25) is 14.9 Å². The van der Waals surface area contributed by atoms with Crippen molar-refractivity contribution in [2.75, 3.05) is 11.1 Å². The summed E-state index contributed by atoms with van der Waals surface area (Å²) in [6, 6.07) is 8.97. The summed E-state index contributed by atoms with van der Waals surface area (Å²) in [5.41, 5.74) is 5.41. The van der Waals surface area contributed by atoms with Crippen molar-refractivity contribution in [3.8, 4) is 0 Å². The standard InChI is InChI=1S/C13H9BrClN3O3/c14-9-6-7(15)4-5-11(9)17-13(19)8-2-1-3-10(16)12(8)18(20)21/h1-6H,16H2,(H,17,19). The average molecular weight is 371 g/mol. The van der Waals surface area contributed by atoms with Gasteiger partial charge in [-0.05, 0) is 46.3 Å². The van der Waals surface area contributed by atoms with Crippen LogP contribution in [0.1, 0.15) is 10.4 Å². The highest BCUT2D eigenvalue weighted by molar-refractivity contribution is 9.10. The van der Waals surface area contributed by atoms with Gasteiger partial charge in [0.2, 0.25) is 0 Å². The van der Waals surface area contributed by atoms with Gasteiger partial charge in [0.1, 0.15) is 11.3 Å². The summed E-state index contributed by atoms with van der Waals surface area (Å²) in [7, 11) is 0. The number of nitrogen functional groups attached to an aromatic ring is 1. The molecule has 0 aromatic heterocycles. The van der Waals surface area contributed by atoms with Gasteiger partial charge in [-0.25, -0.2) is 0 Å². The van der Waals surface area contributed by atoms with Gasteiger partial charge in [0.25, 0.3) is 5.91 Å². The molecule has 0 spiro atoms. The Morgan fingerprint density at radius 3 is 2.67 bits per heavy atom. The molecule has 3 N–H and O–H groups in total. The molecule has 0 aliphatic rings. The number of para-hydroxylation sites is 1. The molecular weight excluding hydrogens is 362 g/mol. The molecule has 0 saturated heterocycles. The maximum atomic E-state index is 12.2. The average Bonchev–Trinajstić information content (AvgIpc) is 2.41. The molecule has 0 radical (unpaired) electrons. The number of amides is 1. The van der Waals surface area contributed by atoms with E-state index in [4.69, 9.17) is 17.3 Å². The number of nitro benzene ring substituents is 1. The van der Waals surface area contributed by atoms with Crippen LogP contribution in [0.3, 0.4) is 0 Å². The fourth-order valence-corrected chi connectivity index (χ4v) is 2.51. The lowest BCUT2D eigenvalue weighted by molar-refractivity contribution is -0.384. The van der Waals surface area contributed by atoms with Gasteiger partial charge in [0, 0.05) is 9.50 Å². The third kappa shape index (κ3) is 3.32. The van der Waals surface area contributed by atoms with Gasteiger partial charge in [-0.15, -0.1) is 0 Å². The number of nitro groups is 1. The topological polar surface area (TPSA) is 98.3 Å². The maximum absolute atomic E-state index is 12.2. The van der Waals surface area contributed by atoms with Gasteiger partial charge >= 0.3 is 5.69 Å². The summed E-state index contributed by atoms with van der Waals surface area (Å²) in [4.78, 5) is 22.6. The van der Waals surface area contributed by atoms with Crippen LogP contribution in [0.2, 0.25) is 5.02 Å². The van der Waals surface area contributed by atoms with Crippen molar-refractivity contribution in [3.63, 3.8) is 0 Å². The molecule has 2 rings (SSSR count). The Balaban J connectivity index is 2.37. The van der Waals surface area contributed by atoms with Crippen LogP contribution in [0, 0.1) is 10.1 Å². The van der Waals surface area contributed by atoms with E-state index in [-0.39, 0.29) is 11.3 Å². The molecule has 6 nitrogen and oxygen atoms in total. The molecule has 0 heterocycles. The number of carbonyl (C=O) groups excluding carboxylic acids is 1. The predicted molar refractivity (Wildman–Crippen MR) is 84.6 cm³/mol. The van der Waals surface area contributed by atoms with E-state index < -0.39 is 16.5 Å². The number of carbonyl (C=O) groups is 1. The van der Waals surface area contributed by atoms with Crippen LogP contribution in [0.5, 0.6) is 0 Å². The predicted octanol–water partition coefficient (Wildman–Crippen LogP) is 3.85. The van der Waals surface area contributed by atoms with Crippen LogP contribution in [0.15, 0.2) is 40.9 Å². The number of rotatable bonds is 3. The normalized spacial score (nSPS) is 10.2. The Morgan fingerprint density at radius 1 is 1.33 bits per heavy atom. The minimum Gasteiger partial charge on any atom is -0.393 e. The van der Waals surface area contributed by atoms with E-state index in [0.29, 0.717) is 15.2 Å². The highest BCUT2D eigenvalue weighted by Crippen LogP contribution is 2.29. The molecule has 21 heavy (non-hydrogen) atoms. The van der Waals surface area contributed by atoms with Crippen LogP contribution < -0.4 is 11.1 Å². The summed E-state index contributed by atoms with van der Waals surface area (Å²) in [6.45, 7) is 0. The monoisotopic (exact) mass is 369 g/mol. The first-order valence-electron chi connectivity index (χ1n) is 5.69. The number of nitrogens with zero attached hydrogens (tertiary/aromatic N) is 1. The summed E-state index contributed by atoms with van der Waals surface area (Å²) in [6.07, 6.45) is 0. The van der Waals surface area contributed by atoms with E-state index in [1.807, 2.05) is 0 Å². The summed E-state index contributed by atoms with van der Waals surface area (Å²) >= 11 is 9.06. The summed E-state index contributed by atoms with van der Waals surface area (Å²) in [5.74, 6) is -0.628. The van der Waals surface area contributed by atoms with E-state index in [1.165, 1.54) is 18.2 Å². The number of nitrogens with one attached hydrogen (secondary N) is 1. The van der Waals surface area contributed by atoms with E-state index >= 15 is 0 Å². The Labute approximate surface area is 133 Å². The first-order chi connectivity index (χ1) is 9.90. The third-order valence-electron chi connectivity index (χ3n) is 2.67. The van der Waals surface area contributed by atoms with Crippen molar-refractivity contribution in [1.82, 2.24) is 0 Å². The van der Waals surface area contributed by atoms with Crippen molar-refractivity contribution in [1.29, 1.82) is 0 Å². The van der Waals surface area contributed by atoms with Crippen molar-refractivity contribution in [2.45, 2.75) is 0 Å². The van der Waals surface area contributed by atoms with Crippen LogP contribution in [0.4, 0.5) is 17.1 Å². The minimum absolute atomic E-state index is 0.0668. The lowest BCUT2D eigenvalue weighted by Crippen LogP contribution is -2.15. The molecule has 0 saturated carbocycles. The smallest absolute Gasteiger partial charge is 0.304 e. The van der Waals surface area contributed by atoms with Crippen molar-refractivity contribution < 1.29 is 9.72 Å². The van der Waals surface area contributed by atoms with E-state index in [1.54, 1.807) is 18.2 Å². The van der Waals surface area contributed by atoms with Crippen molar-refractivity contribution >= 4 is 50.5 Å². The van der Waals surface area contributed by atoms with Crippen LogP contribution in [-0.2, 0) is 0 Å². The molecular formula is C13H9BrClN3O3. The number of nitrogens with two attached hydrogens (primary N) is 1. The van der Waals surface area contributed by atoms with E-state index in [9.17, 15) is 14.9 Å². The Morgan fingerprint density at radius 2 is 2.05 bits per heavy atom.